The number of nitrogens with one attached hydrogen (secondary N) is 2. The fourth-order valence-corrected chi connectivity index (χ4v) is 3.53. The van der Waals surface area contributed by atoms with Crippen molar-refractivity contribution < 1.29 is 4.79 Å². The summed E-state index contributed by atoms with van der Waals surface area (Å²) in [6.45, 7) is 5.38. The number of guanidine groups is 1. The van der Waals surface area contributed by atoms with E-state index in [9.17, 15) is 4.79 Å². The minimum Gasteiger partial charge on any atom is -0.354 e. The molecule has 1 aromatic rings. The van der Waals surface area contributed by atoms with Crippen molar-refractivity contribution in [3.05, 3.63) is 24.3 Å². The van der Waals surface area contributed by atoms with Crippen LogP contribution in [0.5, 0.6) is 0 Å². The van der Waals surface area contributed by atoms with Gasteiger partial charge in [-0.3, -0.25) is 14.8 Å². The predicted molar refractivity (Wildman–Crippen MR) is 109 cm³/mol. The van der Waals surface area contributed by atoms with Crippen LogP contribution in [0.2, 0.25) is 0 Å². The smallest absolute Gasteiger partial charge is 0.271 e. The molecule has 134 valence electrons. The van der Waals surface area contributed by atoms with Gasteiger partial charge in [-0.1, -0.05) is 6.92 Å². The van der Waals surface area contributed by atoms with Crippen molar-refractivity contribution in [3.8, 4) is 0 Å². The molecule has 0 saturated carbocycles. The normalized spacial score (nSPS) is 17.8. The van der Waals surface area contributed by atoms with E-state index in [2.05, 4.69) is 37.4 Å². The Kier molecular flexibility index (Phi) is 9.99. The first-order valence-electron chi connectivity index (χ1n) is 7.86. The standard InChI is InChI=1S/C15H24N6OS.HI/c1-3-12-11-21(8-9-23-12)15(16-2)20-7-6-19-14(22)13-10-17-4-5-18-13;/h4-5,10,12H,3,6-9,11H2,1-2H3,(H,16,20)(H,19,22);1H. The summed E-state index contributed by atoms with van der Waals surface area (Å²) < 4.78 is 0. The number of hydrogen-bond donors (Lipinski definition) is 2. The molecule has 2 rings (SSSR count). The van der Waals surface area contributed by atoms with Gasteiger partial charge in [-0.2, -0.15) is 11.8 Å². The first-order valence-corrected chi connectivity index (χ1v) is 8.91. The molecule has 0 spiro atoms. The molecule has 2 N–H and O–H groups in total. The number of carbonyl (C=O) groups is 1. The van der Waals surface area contributed by atoms with Crippen molar-refractivity contribution in [3.63, 3.8) is 0 Å². The van der Waals surface area contributed by atoms with E-state index in [1.54, 1.807) is 13.2 Å². The van der Waals surface area contributed by atoms with Crippen molar-refractivity contribution in [2.24, 2.45) is 4.99 Å². The Morgan fingerprint density at radius 1 is 1.42 bits per heavy atom. The van der Waals surface area contributed by atoms with Gasteiger partial charge < -0.3 is 15.5 Å². The van der Waals surface area contributed by atoms with Gasteiger partial charge in [-0.25, -0.2) is 4.98 Å². The fourth-order valence-electron chi connectivity index (χ4n) is 2.35. The molecule has 2 heterocycles. The average molecular weight is 464 g/mol. The molecule has 1 atom stereocenters. The third-order valence-electron chi connectivity index (χ3n) is 3.59. The number of halogens is 1. The molecule has 9 heteroatoms. The van der Waals surface area contributed by atoms with Crippen LogP contribution in [0.25, 0.3) is 0 Å². The van der Waals surface area contributed by atoms with Gasteiger partial charge >= 0.3 is 0 Å². The van der Waals surface area contributed by atoms with Crippen LogP contribution in [0.3, 0.4) is 0 Å². The van der Waals surface area contributed by atoms with Gasteiger partial charge in [0.15, 0.2) is 5.96 Å². The SMILES string of the molecule is CCC1CN(C(=NC)NCCNC(=O)c2cnccn2)CCS1.I. The molecule has 1 amide bonds. The van der Waals surface area contributed by atoms with Gasteiger partial charge in [0.25, 0.3) is 5.91 Å². The average Bonchev–Trinajstić information content (AvgIpc) is 2.62. The molecule has 1 saturated heterocycles. The molecule has 24 heavy (non-hydrogen) atoms. The Morgan fingerprint density at radius 3 is 2.88 bits per heavy atom. The van der Waals surface area contributed by atoms with Crippen LogP contribution in [-0.4, -0.2) is 71.0 Å². The number of hydrogen-bond acceptors (Lipinski definition) is 5. The Hall–Kier alpha value is -1.10. The lowest BCUT2D eigenvalue weighted by atomic mass is 10.3. The second-order valence-electron chi connectivity index (χ2n) is 5.17. The summed E-state index contributed by atoms with van der Waals surface area (Å²) in [6.07, 6.45) is 5.68. The number of amides is 1. The first kappa shape index (κ1) is 20.9. The van der Waals surface area contributed by atoms with Crippen LogP contribution in [0, 0.1) is 0 Å². The Bertz CT molecular complexity index is 530. The third-order valence-corrected chi connectivity index (χ3v) is 4.97. The number of aromatic nitrogens is 2. The minimum atomic E-state index is -0.213. The van der Waals surface area contributed by atoms with Crippen molar-refractivity contribution >= 4 is 47.6 Å². The number of aliphatic imine (C=N–C) groups is 1. The molecule has 1 fully saturated rings. The molecule has 1 aliphatic heterocycles. The maximum atomic E-state index is 11.9. The Morgan fingerprint density at radius 2 is 2.21 bits per heavy atom. The van der Waals surface area contributed by atoms with Gasteiger partial charge in [0, 0.05) is 56.6 Å². The second kappa shape index (κ2) is 11.5. The lowest BCUT2D eigenvalue weighted by Gasteiger charge is -2.34. The molecule has 0 radical (unpaired) electrons. The molecule has 0 bridgehead atoms. The maximum absolute atomic E-state index is 11.9. The molecule has 0 aromatic carbocycles. The van der Waals surface area contributed by atoms with Crippen LogP contribution >= 0.6 is 35.7 Å². The zero-order chi connectivity index (χ0) is 16.5. The lowest BCUT2D eigenvalue weighted by Crippen LogP contribution is -2.49. The van der Waals surface area contributed by atoms with Crippen LogP contribution in [0.15, 0.2) is 23.6 Å². The number of rotatable bonds is 5. The van der Waals surface area contributed by atoms with Crippen LogP contribution in [0.4, 0.5) is 0 Å². The zero-order valence-corrected chi connectivity index (χ0v) is 17.2. The molecule has 7 nitrogen and oxygen atoms in total. The molecule has 0 aliphatic carbocycles. The van der Waals surface area contributed by atoms with Crippen molar-refractivity contribution in [2.45, 2.75) is 18.6 Å². The Labute approximate surface area is 164 Å². The lowest BCUT2D eigenvalue weighted by molar-refractivity contribution is 0.0949. The van der Waals surface area contributed by atoms with E-state index in [1.165, 1.54) is 18.8 Å². The van der Waals surface area contributed by atoms with E-state index in [0.29, 0.717) is 24.0 Å². The van der Waals surface area contributed by atoms with Crippen molar-refractivity contribution in [1.29, 1.82) is 0 Å². The highest BCUT2D eigenvalue weighted by Crippen LogP contribution is 2.20. The number of carbonyl (C=O) groups excluding carboxylic acids is 1. The van der Waals surface area contributed by atoms with Gasteiger partial charge in [0.05, 0.1) is 6.20 Å². The van der Waals surface area contributed by atoms with Gasteiger partial charge in [0.1, 0.15) is 5.69 Å². The highest BCUT2D eigenvalue weighted by atomic mass is 127. The van der Waals surface area contributed by atoms with E-state index in [-0.39, 0.29) is 29.9 Å². The molecular weight excluding hydrogens is 439 g/mol. The molecule has 1 aliphatic rings. The van der Waals surface area contributed by atoms with E-state index in [1.807, 2.05) is 11.8 Å². The summed E-state index contributed by atoms with van der Waals surface area (Å²) in [4.78, 5) is 26.3. The molecule has 1 unspecified atom stereocenters. The van der Waals surface area contributed by atoms with Gasteiger partial charge in [-0.15, -0.1) is 24.0 Å². The van der Waals surface area contributed by atoms with E-state index in [4.69, 9.17) is 0 Å². The summed E-state index contributed by atoms with van der Waals surface area (Å²) in [7, 11) is 1.79. The van der Waals surface area contributed by atoms with Gasteiger partial charge in [0.2, 0.25) is 0 Å². The summed E-state index contributed by atoms with van der Waals surface area (Å²) in [5, 5.41) is 6.79. The van der Waals surface area contributed by atoms with Crippen LogP contribution in [0.1, 0.15) is 23.8 Å². The quantitative estimate of drug-likeness (QED) is 0.295. The zero-order valence-electron chi connectivity index (χ0n) is 14.1. The molecular formula is C15H25IN6OS. The molecule has 1 aromatic heterocycles. The summed E-state index contributed by atoms with van der Waals surface area (Å²) in [5.41, 5.74) is 0.329. The fraction of sp³-hybridized carbons (Fsp3) is 0.600. The van der Waals surface area contributed by atoms with Crippen molar-refractivity contribution in [1.82, 2.24) is 25.5 Å². The summed E-state index contributed by atoms with van der Waals surface area (Å²) in [6, 6.07) is 0. The van der Waals surface area contributed by atoms with E-state index >= 15 is 0 Å². The predicted octanol–water partition coefficient (Wildman–Crippen LogP) is 1.23. The monoisotopic (exact) mass is 464 g/mol. The van der Waals surface area contributed by atoms with Gasteiger partial charge in [-0.05, 0) is 6.42 Å². The largest absolute Gasteiger partial charge is 0.354 e. The summed E-state index contributed by atoms with van der Waals surface area (Å²) in [5.74, 6) is 1.82. The second-order valence-corrected chi connectivity index (χ2v) is 6.58. The topological polar surface area (TPSA) is 82.5 Å². The number of thioether (sulfide) groups is 1. The number of nitrogens with zero attached hydrogens (tertiary/aromatic N) is 4. The Balaban J connectivity index is 0.00000288. The first-order chi connectivity index (χ1) is 11.2. The maximum Gasteiger partial charge on any atom is 0.271 e. The summed E-state index contributed by atoms with van der Waals surface area (Å²) >= 11 is 2.03. The highest BCUT2D eigenvalue weighted by molar-refractivity contribution is 14.0. The van der Waals surface area contributed by atoms with E-state index in [0.717, 1.165) is 24.8 Å². The third kappa shape index (κ3) is 6.42. The van der Waals surface area contributed by atoms with Crippen molar-refractivity contribution in [2.75, 3.05) is 39.0 Å². The van der Waals surface area contributed by atoms with Crippen LogP contribution < -0.4 is 10.6 Å². The minimum absolute atomic E-state index is 0. The van der Waals surface area contributed by atoms with Crippen LogP contribution in [-0.2, 0) is 0 Å². The highest BCUT2D eigenvalue weighted by Gasteiger charge is 2.21. The van der Waals surface area contributed by atoms with E-state index < -0.39 is 0 Å².